The second-order valence-corrected chi connectivity index (χ2v) is 6.16. The highest BCUT2D eigenvalue weighted by molar-refractivity contribution is 9.10. The molecule has 1 aliphatic carbocycles. The second-order valence-electron chi connectivity index (χ2n) is 5.24. The third-order valence-electron chi connectivity index (χ3n) is 3.35. The molecule has 94 valence electrons. The first-order valence-electron chi connectivity index (χ1n) is 5.88. The van der Waals surface area contributed by atoms with E-state index >= 15 is 0 Å². The molecule has 0 saturated heterocycles. The van der Waals surface area contributed by atoms with E-state index in [9.17, 15) is 0 Å². The van der Waals surface area contributed by atoms with Gasteiger partial charge in [0.05, 0.1) is 6.54 Å². The monoisotopic (exact) mass is 307 g/mol. The molecule has 6 heteroatoms. The van der Waals surface area contributed by atoms with Crippen molar-refractivity contribution in [2.24, 2.45) is 5.41 Å². The Morgan fingerprint density at radius 3 is 2.83 bits per heavy atom. The van der Waals surface area contributed by atoms with Gasteiger partial charge in [-0.05, 0) is 46.9 Å². The van der Waals surface area contributed by atoms with E-state index in [1.165, 1.54) is 12.8 Å². The third kappa shape index (κ3) is 2.25. The summed E-state index contributed by atoms with van der Waals surface area (Å²) >= 11 is 3.44. The minimum absolute atomic E-state index is 0.363. The van der Waals surface area contributed by atoms with Gasteiger partial charge in [0.25, 0.3) is 0 Å². The van der Waals surface area contributed by atoms with Crippen LogP contribution in [-0.4, -0.2) is 20.2 Å². The zero-order chi connectivity index (χ0) is 12.8. The number of halogens is 1. The average molecular weight is 308 g/mol. The van der Waals surface area contributed by atoms with Crippen LogP contribution in [0, 0.1) is 5.41 Å². The lowest BCUT2D eigenvalue weighted by Gasteiger charge is -2.10. The normalized spacial score (nSPS) is 16.8. The zero-order valence-electron chi connectivity index (χ0n) is 10.1. The topological polar surface area (TPSA) is 69.6 Å². The van der Waals surface area contributed by atoms with Crippen molar-refractivity contribution in [1.82, 2.24) is 20.2 Å². The van der Waals surface area contributed by atoms with Crippen molar-refractivity contribution in [3.63, 3.8) is 0 Å². The van der Waals surface area contributed by atoms with Crippen molar-refractivity contribution in [1.29, 1.82) is 0 Å². The fraction of sp³-hybridized carbons (Fsp3) is 0.417. The van der Waals surface area contributed by atoms with Gasteiger partial charge in [0, 0.05) is 15.7 Å². The Morgan fingerprint density at radius 2 is 2.17 bits per heavy atom. The molecular weight excluding hydrogens is 294 g/mol. The van der Waals surface area contributed by atoms with Gasteiger partial charge in [-0.25, -0.2) is 4.68 Å². The van der Waals surface area contributed by atoms with Crippen LogP contribution in [0.2, 0.25) is 0 Å². The fourth-order valence-corrected chi connectivity index (χ4v) is 2.50. The van der Waals surface area contributed by atoms with Gasteiger partial charge in [0.2, 0.25) is 0 Å². The first kappa shape index (κ1) is 11.6. The van der Waals surface area contributed by atoms with E-state index < -0.39 is 0 Å². The van der Waals surface area contributed by atoms with Crippen LogP contribution in [0.4, 0.5) is 5.69 Å². The lowest BCUT2D eigenvalue weighted by Crippen LogP contribution is -2.11. The standard InChI is InChI=1S/C12H14BrN5/c1-12(2-3-12)7-18-11(15-16-17-18)8-4-9(13)6-10(14)5-8/h4-6H,2-3,7,14H2,1H3. The Labute approximate surface area is 113 Å². The Kier molecular flexibility index (Phi) is 2.62. The van der Waals surface area contributed by atoms with Crippen LogP contribution in [0.3, 0.4) is 0 Å². The number of nitrogens with zero attached hydrogens (tertiary/aromatic N) is 4. The van der Waals surface area contributed by atoms with Gasteiger partial charge in [-0.3, -0.25) is 0 Å². The summed E-state index contributed by atoms with van der Waals surface area (Å²) < 4.78 is 2.80. The molecule has 18 heavy (non-hydrogen) atoms. The van der Waals surface area contributed by atoms with Crippen LogP contribution in [0.1, 0.15) is 19.8 Å². The summed E-state index contributed by atoms with van der Waals surface area (Å²) in [7, 11) is 0. The first-order chi connectivity index (χ1) is 8.56. The zero-order valence-corrected chi connectivity index (χ0v) is 11.7. The molecule has 0 radical (unpaired) electrons. The van der Waals surface area contributed by atoms with Gasteiger partial charge in [-0.15, -0.1) is 5.10 Å². The van der Waals surface area contributed by atoms with E-state index in [-0.39, 0.29) is 0 Å². The van der Waals surface area contributed by atoms with Crippen molar-refractivity contribution in [3.05, 3.63) is 22.7 Å². The first-order valence-corrected chi connectivity index (χ1v) is 6.68. The summed E-state index contributed by atoms with van der Waals surface area (Å²) in [5.74, 6) is 0.774. The summed E-state index contributed by atoms with van der Waals surface area (Å²) in [4.78, 5) is 0. The summed E-state index contributed by atoms with van der Waals surface area (Å²) in [5.41, 5.74) is 7.85. The Hall–Kier alpha value is -1.43. The maximum absolute atomic E-state index is 5.85. The maximum Gasteiger partial charge on any atom is 0.182 e. The number of hydrogen-bond donors (Lipinski definition) is 1. The molecule has 0 unspecified atom stereocenters. The Bertz CT molecular complexity index is 568. The van der Waals surface area contributed by atoms with Crippen LogP contribution in [-0.2, 0) is 6.54 Å². The van der Waals surface area contributed by atoms with Crippen LogP contribution in [0.5, 0.6) is 0 Å². The van der Waals surface area contributed by atoms with Crippen molar-refractivity contribution < 1.29 is 0 Å². The van der Waals surface area contributed by atoms with E-state index in [1.54, 1.807) is 0 Å². The molecule has 0 aliphatic heterocycles. The van der Waals surface area contributed by atoms with Gasteiger partial charge in [-0.2, -0.15) is 0 Å². The number of benzene rings is 1. The third-order valence-corrected chi connectivity index (χ3v) is 3.80. The van der Waals surface area contributed by atoms with Gasteiger partial charge >= 0.3 is 0 Å². The number of hydrogen-bond acceptors (Lipinski definition) is 4. The van der Waals surface area contributed by atoms with Crippen LogP contribution >= 0.6 is 15.9 Å². The minimum atomic E-state index is 0.363. The smallest absolute Gasteiger partial charge is 0.182 e. The van der Waals surface area contributed by atoms with Gasteiger partial charge < -0.3 is 5.73 Å². The summed E-state index contributed by atoms with van der Waals surface area (Å²) in [6.07, 6.45) is 2.49. The molecule has 1 fully saturated rings. The highest BCUT2D eigenvalue weighted by Crippen LogP contribution is 2.46. The molecule has 1 aliphatic rings. The molecule has 0 spiro atoms. The summed E-state index contributed by atoms with van der Waals surface area (Å²) in [6, 6.07) is 5.73. The average Bonchev–Trinajstić information content (AvgIpc) is 2.85. The maximum atomic E-state index is 5.85. The minimum Gasteiger partial charge on any atom is -0.399 e. The molecule has 0 bridgehead atoms. The quantitative estimate of drug-likeness (QED) is 0.884. The lowest BCUT2D eigenvalue weighted by molar-refractivity contribution is 0.427. The molecule has 5 nitrogen and oxygen atoms in total. The highest BCUT2D eigenvalue weighted by atomic mass is 79.9. The molecule has 2 N–H and O–H groups in total. The second kappa shape index (κ2) is 4.05. The van der Waals surface area contributed by atoms with Crippen molar-refractivity contribution in [2.45, 2.75) is 26.3 Å². The largest absolute Gasteiger partial charge is 0.399 e. The molecule has 1 heterocycles. The van der Waals surface area contributed by atoms with E-state index in [2.05, 4.69) is 38.4 Å². The molecule has 2 aromatic rings. The van der Waals surface area contributed by atoms with Crippen LogP contribution in [0.15, 0.2) is 22.7 Å². The molecule has 1 saturated carbocycles. The summed E-state index contributed by atoms with van der Waals surface area (Å²) in [5, 5.41) is 12.0. The highest BCUT2D eigenvalue weighted by Gasteiger charge is 2.38. The fourth-order valence-electron chi connectivity index (χ4n) is 1.99. The number of tetrazole rings is 1. The molecule has 0 atom stereocenters. The van der Waals surface area contributed by atoms with E-state index in [0.717, 1.165) is 22.4 Å². The number of rotatable bonds is 3. The molecule has 1 aromatic heterocycles. The van der Waals surface area contributed by atoms with Crippen LogP contribution in [0.25, 0.3) is 11.4 Å². The summed E-state index contributed by atoms with van der Waals surface area (Å²) in [6.45, 7) is 3.12. The predicted octanol–water partition coefficient (Wildman–Crippen LogP) is 2.48. The van der Waals surface area contributed by atoms with Gasteiger partial charge in [0.1, 0.15) is 0 Å². The van der Waals surface area contributed by atoms with E-state index in [1.807, 2.05) is 22.9 Å². The van der Waals surface area contributed by atoms with Crippen molar-refractivity contribution in [3.8, 4) is 11.4 Å². The van der Waals surface area contributed by atoms with Crippen molar-refractivity contribution in [2.75, 3.05) is 5.73 Å². The molecular formula is C12H14BrN5. The van der Waals surface area contributed by atoms with Gasteiger partial charge in [0.15, 0.2) is 5.82 Å². The SMILES string of the molecule is CC1(Cn2nnnc2-c2cc(N)cc(Br)c2)CC1. The van der Waals surface area contributed by atoms with E-state index in [4.69, 9.17) is 5.73 Å². The number of aromatic nitrogens is 4. The number of nitrogens with two attached hydrogens (primary N) is 1. The lowest BCUT2D eigenvalue weighted by atomic mass is 10.1. The molecule has 0 amide bonds. The van der Waals surface area contributed by atoms with Crippen LogP contribution < -0.4 is 5.73 Å². The molecule has 1 aromatic carbocycles. The predicted molar refractivity (Wildman–Crippen MR) is 72.7 cm³/mol. The molecule has 3 rings (SSSR count). The van der Waals surface area contributed by atoms with E-state index in [0.29, 0.717) is 11.1 Å². The number of anilines is 1. The Morgan fingerprint density at radius 1 is 1.39 bits per heavy atom. The number of nitrogen functional groups attached to an aromatic ring is 1. The van der Waals surface area contributed by atoms with Crippen molar-refractivity contribution >= 4 is 21.6 Å². The Balaban J connectivity index is 1.98. The van der Waals surface area contributed by atoms with Gasteiger partial charge in [-0.1, -0.05) is 22.9 Å².